The van der Waals surface area contributed by atoms with Gasteiger partial charge in [-0.15, -0.1) is 0 Å². The van der Waals surface area contributed by atoms with E-state index < -0.39 is 5.41 Å². The van der Waals surface area contributed by atoms with Crippen LogP contribution in [-0.4, -0.2) is 66.3 Å². The highest BCUT2D eigenvalue weighted by Gasteiger charge is 2.49. The molecule has 0 aromatic heterocycles. The normalized spacial score (nSPS) is 23.3. The highest BCUT2D eigenvalue weighted by Crippen LogP contribution is 2.44. The van der Waals surface area contributed by atoms with Crippen LogP contribution in [-0.2, 0) is 21.5 Å². The molecule has 2 aliphatic heterocycles. The van der Waals surface area contributed by atoms with Gasteiger partial charge in [-0.2, -0.15) is 0 Å². The van der Waals surface area contributed by atoms with E-state index in [0.717, 1.165) is 50.6 Å². The molecule has 8 heteroatoms. The molecule has 2 heterocycles. The monoisotopic (exact) mass is 524 g/mol. The smallest absolute Gasteiger partial charge is 0.233 e. The van der Waals surface area contributed by atoms with Gasteiger partial charge in [-0.1, -0.05) is 38.1 Å². The summed E-state index contributed by atoms with van der Waals surface area (Å²) in [5.41, 5.74) is 12.7. The summed E-state index contributed by atoms with van der Waals surface area (Å²) in [6, 6.07) is 9.18. The Balaban J connectivity index is 1.32. The Labute approximate surface area is 228 Å². The second-order valence-corrected chi connectivity index (χ2v) is 11.9. The zero-order valence-corrected chi connectivity index (χ0v) is 23.5. The van der Waals surface area contributed by atoms with Crippen LogP contribution in [0.25, 0.3) is 0 Å². The van der Waals surface area contributed by atoms with Crippen LogP contribution in [0.3, 0.4) is 0 Å². The number of rotatable bonds is 10. The van der Waals surface area contributed by atoms with Gasteiger partial charge in [-0.05, 0) is 87.4 Å². The lowest BCUT2D eigenvalue weighted by atomic mass is 9.67. The van der Waals surface area contributed by atoms with E-state index in [1.165, 1.54) is 36.8 Å². The number of nitrogens with one attached hydrogen (secondary N) is 1. The number of piperidine rings is 1. The van der Waals surface area contributed by atoms with Gasteiger partial charge in [0.1, 0.15) is 0 Å². The van der Waals surface area contributed by atoms with Gasteiger partial charge in [0.05, 0.1) is 5.41 Å². The number of carbonyl (C=O) groups excluding carboxylic acids is 2. The fourth-order valence-corrected chi connectivity index (χ4v) is 6.91. The SMILES string of the molecule is CC(C)C1CCC(N2CCC3(CC2)C(=O)N(CCNC(=O)CCCCN=C(N)N)Cc2ccccc23)CC1. The van der Waals surface area contributed by atoms with Crippen molar-refractivity contribution in [2.24, 2.45) is 28.3 Å². The molecule has 0 radical (unpaired) electrons. The van der Waals surface area contributed by atoms with Gasteiger partial charge in [0.2, 0.25) is 11.8 Å². The molecule has 1 aromatic carbocycles. The molecular formula is C30H48N6O2. The van der Waals surface area contributed by atoms with E-state index >= 15 is 0 Å². The Morgan fingerprint density at radius 1 is 1.11 bits per heavy atom. The number of unbranched alkanes of at least 4 members (excludes halogenated alkanes) is 1. The molecule has 5 N–H and O–H groups in total. The quantitative estimate of drug-likeness (QED) is 0.247. The van der Waals surface area contributed by atoms with Crippen molar-refractivity contribution in [1.82, 2.24) is 15.1 Å². The first-order chi connectivity index (χ1) is 18.3. The minimum absolute atomic E-state index is 0.00904. The number of nitrogens with two attached hydrogens (primary N) is 2. The lowest BCUT2D eigenvalue weighted by molar-refractivity contribution is -0.142. The maximum atomic E-state index is 14.0. The standard InChI is InChI=1S/C30H48N6O2/c1-22(2)23-10-12-25(13-11-23)35-18-14-30(15-19-35)26-8-4-3-7-24(26)21-36(28(30)38)20-17-33-27(37)9-5-6-16-34-29(31)32/h3-4,7-8,22-23,25H,5-6,9-21H2,1-2H3,(H,33,37)(H4,31,32,34). The summed E-state index contributed by atoms with van der Waals surface area (Å²) < 4.78 is 0. The van der Waals surface area contributed by atoms with E-state index in [0.29, 0.717) is 38.6 Å². The maximum absolute atomic E-state index is 14.0. The minimum atomic E-state index is -0.435. The van der Waals surface area contributed by atoms with E-state index in [-0.39, 0.29) is 17.8 Å². The molecule has 2 amide bonds. The summed E-state index contributed by atoms with van der Waals surface area (Å²) in [4.78, 5) is 34.9. The molecule has 38 heavy (non-hydrogen) atoms. The van der Waals surface area contributed by atoms with Crippen LogP contribution in [0.5, 0.6) is 0 Å². The van der Waals surface area contributed by atoms with E-state index in [1.54, 1.807) is 0 Å². The van der Waals surface area contributed by atoms with Crippen LogP contribution in [0.2, 0.25) is 0 Å². The van der Waals surface area contributed by atoms with Crippen molar-refractivity contribution in [3.8, 4) is 0 Å². The molecule has 0 unspecified atom stereocenters. The summed E-state index contributed by atoms with van der Waals surface area (Å²) in [6.45, 7) is 8.86. The number of guanidine groups is 1. The molecule has 1 saturated heterocycles. The van der Waals surface area contributed by atoms with Crippen LogP contribution >= 0.6 is 0 Å². The van der Waals surface area contributed by atoms with Crippen molar-refractivity contribution < 1.29 is 9.59 Å². The van der Waals surface area contributed by atoms with Gasteiger partial charge in [0.25, 0.3) is 0 Å². The highest BCUT2D eigenvalue weighted by molar-refractivity contribution is 5.90. The second-order valence-electron chi connectivity index (χ2n) is 11.9. The van der Waals surface area contributed by atoms with Gasteiger partial charge >= 0.3 is 0 Å². The molecule has 1 spiro atoms. The first-order valence-electron chi connectivity index (χ1n) is 14.7. The maximum Gasteiger partial charge on any atom is 0.233 e. The first-order valence-corrected chi connectivity index (χ1v) is 14.7. The summed E-state index contributed by atoms with van der Waals surface area (Å²) in [5, 5.41) is 3.00. The molecule has 3 aliphatic rings. The second kappa shape index (κ2) is 13.0. The number of amides is 2. The molecule has 1 saturated carbocycles. The molecule has 4 rings (SSSR count). The van der Waals surface area contributed by atoms with Gasteiger partial charge < -0.3 is 26.6 Å². The summed E-state index contributed by atoms with van der Waals surface area (Å²) in [6.07, 6.45) is 8.96. The van der Waals surface area contributed by atoms with Crippen LogP contribution in [0.15, 0.2) is 29.3 Å². The van der Waals surface area contributed by atoms with Crippen LogP contribution in [0.1, 0.15) is 82.8 Å². The summed E-state index contributed by atoms with van der Waals surface area (Å²) in [7, 11) is 0. The molecule has 1 aromatic rings. The number of likely N-dealkylation sites (tertiary alicyclic amines) is 1. The molecule has 0 bridgehead atoms. The van der Waals surface area contributed by atoms with Crippen molar-refractivity contribution in [2.75, 3.05) is 32.7 Å². The predicted octanol–water partition coefficient (Wildman–Crippen LogP) is 3.14. The van der Waals surface area contributed by atoms with Crippen molar-refractivity contribution in [3.63, 3.8) is 0 Å². The molecule has 8 nitrogen and oxygen atoms in total. The Bertz CT molecular complexity index is 973. The zero-order chi connectivity index (χ0) is 27.1. The number of hydrogen-bond donors (Lipinski definition) is 3. The largest absolute Gasteiger partial charge is 0.370 e. The number of carbonyl (C=O) groups is 2. The summed E-state index contributed by atoms with van der Waals surface area (Å²) >= 11 is 0. The highest BCUT2D eigenvalue weighted by atomic mass is 16.2. The van der Waals surface area contributed by atoms with Gasteiger partial charge in [0, 0.05) is 38.6 Å². The van der Waals surface area contributed by atoms with Gasteiger partial charge in [-0.25, -0.2) is 0 Å². The lowest BCUT2D eigenvalue weighted by Crippen LogP contribution is -2.58. The number of fused-ring (bicyclic) bond motifs is 2. The van der Waals surface area contributed by atoms with E-state index in [9.17, 15) is 9.59 Å². The average molecular weight is 525 g/mol. The Hall–Kier alpha value is -2.61. The number of nitrogens with zero attached hydrogens (tertiary/aromatic N) is 3. The van der Waals surface area contributed by atoms with Crippen molar-refractivity contribution >= 4 is 17.8 Å². The Morgan fingerprint density at radius 2 is 1.82 bits per heavy atom. The topological polar surface area (TPSA) is 117 Å². The van der Waals surface area contributed by atoms with E-state index in [1.807, 2.05) is 4.90 Å². The lowest BCUT2D eigenvalue weighted by Gasteiger charge is -2.49. The fraction of sp³-hybridized carbons (Fsp3) is 0.700. The zero-order valence-electron chi connectivity index (χ0n) is 23.5. The number of hydrogen-bond acceptors (Lipinski definition) is 4. The number of aliphatic imine (C=N–C) groups is 1. The van der Waals surface area contributed by atoms with E-state index in [2.05, 4.69) is 53.3 Å². The Kier molecular flexibility index (Phi) is 9.69. The predicted molar refractivity (Wildman–Crippen MR) is 152 cm³/mol. The minimum Gasteiger partial charge on any atom is -0.370 e. The third-order valence-electron chi connectivity index (χ3n) is 9.25. The fourth-order valence-electron chi connectivity index (χ4n) is 6.91. The number of benzene rings is 1. The molecule has 1 aliphatic carbocycles. The first kappa shape index (κ1) is 28.4. The van der Waals surface area contributed by atoms with Crippen molar-refractivity contribution in [2.45, 2.75) is 89.6 Å². The Morgan fingerprint density at radius 3 is 2.50 bits per heavy atom. The van der Waals surface area contributed by atoms with Crippen LogP contribution < -0.4 is 16.8 Å². The molecule has 210 valence electrons. The molecule has 2 fully saturated rings. The van der Waals surface area contributed by atoms with E-state index in [4.69, 9.17) is 11.5 Å². The van der Waals surface area contributed by atoms with Gasteiger partial charge in [0.15, 0.2) is 5.96 Å². The van der Waals surface area contributed by atoms with Crippen molar-refractivity contribution in [1.29, 1.82) is 0 Å². The average Bonchev–Trinajstić information content (AvgIpc) is 2.91. The van der Waals surface area contributed by atoms with Crippen molar-refractivity contribution in [3.05, 3.63) is 35.4 Å². The summed E-state index contributed by atoms with van der Waals surface area (Å²) in [5.74, 6) is 1.98. The van der Waals surface area contributed by atoms with Crippen LogP contribution in [0.4, 0.5) is 0 Å². The third kappa shape index (κ3) is 6.68. The van der Waals surface area contributed by atoms with Crippen LogP contribution in [0, 0.1) is 11.8 Å². The molecule has 0 atom stereocenters. The molecular weight excluding hydrogens is 476 g/mol. The third-order valence-corrected chi connectivity index (χ3v) is 9.25. The van der Waals surface area contributed by atoms with Gasteiger partial charge in [-0.3, -0.25) is 14.6 Å².